The molecule has 0 bridgehead atoms. The fourth-order valence-corrected chi connectivity index (χ4v) is 4.15. The maximum absolute atomic E-state index is 14.0. The Labute approximate surface area is 205 Å². The van der Waals surface area contributed by atoms with Crippen molar-refractivity contribution in [3.63, 3.8) is 0 Å². The molecule has 0 aliphatic carbocycles. The first-order valence-electron chi connectivity index (χ1n) is 10.4. The van der Waals surface area contributed by atoms with Crippen molar-refractivity contribution in [3.05, 3.63) is 99.4 Å². The fourth-order valence-electron chi connectivity index (χ4n) is 3.69. The Balaban J connectivity index is 1.65. The number of aromatic nitrogens is 1. The van der Waals surface area contributed by atoms with Gasteiger partial charge < -0.3 is 21.5 Å². The molecule has 6 nitrogen and oxygen atoms in total. The highest BCUT2D eigenvalue weighted by Crippen LogP contribution is 2.38. The van der Waals surface area contributed by atoms with Gasteiger partial charge in [-0.25, -0.2) is 4.39 Å². The van der Waals surface area contributed by atoms with Crippen LogP contribution in [-0.4, -0.2) is 22.5 Å². The van der Waals surface area contributed by atoms with Gasteiger partial charge in [0.25, 0.3) is 0 Å². The average molecular weight is 499 g/mol. The number of aromatic hydroxyl groups is 1. The van der Waals surface area contributed by atoms with Crippen molar-refractivity contribution >= 4 is 45.7 Å². The Morgan fingerprint density at radius 2 is 1.91 bits per heavy atom. The molecule has 1 atom stereocenters. The molecule has 0 spiro atoms. The standard InChI is InChI=1S/C25H21Cl2FN4O2/c26-20-7-6-17(10-15(20)12-29)31-13-22(33)32-23(14-3-1-4-16(28)9-14)19-11-21(27)18-5-2-8-30-24(18)25(19)34/h1-11,23,31,34H,12-13,29H2,(H,32,33). The monoisotopic (exact) mass is 498 g/mol. The molecular formula is C25H21Cl2FN4O2. The van der Waals surface area contributed by atoms with Crippen molar-refractivity contribution < 1.29 is 14.3 Å². The van der Waals surface area contributed by atoms with E-state index in [4.69, 9.17) is 28.9 Å². The van der Waals surface area contributed by atoms with Crippen LogP contribution in [0.4, 0.5) is 10.1 Å². The van der Waals surface area contributed by atoms with Crippen LogP contribution in [0.1, 0.15) is 22.7 Å². The van der Waals surface area contributed by atoms with E-state index in [1.165, 1.54) is 24.4 Å². The highest BCUT2D eigenvalue weighted by Gasteiger charge is 2.23. The summed E-state index contributed by atoms with van der Waals surface area (Å²) in [5, 5.41) is 18.3. The molecule has 1 aromatic heterocycles. The van der Waals surface area contributed by atoms with E-state index in [1.54, 1.807) is 42.5 Å². The van der Waals surface area contributed by atoms with Crippen LogP contribution in [-0.2, 0) is 11.3 Å². The molecule has 1 amide bonds. The van der Waals surface area contributed by atoms with Gasteiger partial charge in [0.05, 0.1) is 17.6 Å². The van der Waals surface area contributed by atoms with Gasteiger partial charge in [0.1, 0.15) is 17.1 Å². The number of fused-ring (bicyclic) bond motifs is 1. The molecule has 0 radical (unpaired) electrons. The van der Waals surface area contributed by atoms with Gasteiger partial charge in [-0.1, -0.05) is 35.3 Å². The second-order valence-corrected chi connectivity index (χ2v) is 8.43. The lowest BCUT2D eigenvalue weighted by Gasteiger charge is -2.22. The Bertz CT molecular complexity index is 1370. The summed E-state index contributed by atoms with van der Waals surface area (Å²) in [6, 6.07) is 15.1. The summed E-state index contributed by atoms with van der Waals surface area (Å²) in [6.07, 6.45) is 1.53. The molecule has 0 aliphatic heterocycles. The predicted molar refractivity (Wildman–Crippen MR) is 133 cm³/mol. The number of carbonyl (C=O) groups is 1. The van der Waals surface area contributed by atoms with Crippen LogP contribution in [0.2, 0.25) is 10.0 Å². The molecule has 0 saturated heterocycles. The second-order valence-electron chi connectivity index (χ2n) is 7.62. The van der Waals surface area contributed by atoms with Gasteiger partial charge in [0.15, 0.2) is 0 Å². The quantitative estimate of drug-likeness (QED) is 0.282. The third-order valence-electron chi connectivity index (χ3n) is 5.36. The summed E-state index contributed by atoms with van der Waals surface area (Å²) in [7, 11) is 0. The van der Waals surface area contributed by atoms with Crippen LogP contribution in [0.5, 0.6) is 5.75 Å². The Kier molecular flexibility index (Phi) is 7.17. The van der Waals surface area contributed by atoms with Crippen molar-refractivity contribution in [1.82, 2.24) is 10.3 Å². The number of nitrogens with zero attached hydrogens (tertiary/aromatic N) is 1. The number of anilines is 1. The number of nitrogens with two attached hydrogens (primary N) is 1. The normalized spacial score (nSPS) is 11.9. The zero-order valence-electron chi connectivity index (χ0n) is 17.9. The fraction of sp³-hybridized carbons (Fsp3) is 0.120. The molecule has 3 aromatic carbocycles. The number of rotatable bonds is 7. The molecule has 4 aromatic rings. The zero-order valence-corrected chi connectivity index (χ0v) is 19.4. The summed E-state index contributed by atoms with van der Waals surface area (Å²) in [5.74, 6) is -1.02. The number of amides is 1. The highest BCUT2D eigenvalue weighted by atomic mass is 35.5. The molecular weight excluding hydrogens is 478 g/mol. The molecule has 1 heterocycles. The Morgan fingerprint density at radius 1 is 1.09 bits per heavy atom. The first kappa shape index (κ1) is 23.8. The van der Waals surface area contributed by atoms with Crippen molar-refractivity contribution in [1.29, 1.82) is 0 Å². The van der Waals surface area contributed by atoms with Gasteiger partial charge in [-0.2, -0.15) is 0 Å². The molecule has 174 valence electrons. The minimum Gasteiger partial charge on any atom is -0.505 e. The van der Waals surface area contributed by atoms with E-state index in [-0.39, 0.29) is 24.4 Å². The van der Waals surface area contributed by atoms with Gasteiger partial charge in [0, 0.05) is 34.4 Å². The Hall–Kier alpha value is -3.39. The van der Waals surface area contributed by atoms with E-state index >= 15 is 0 Å². The summed E-state index contributed by atoms with van der Waals surface area (Å²) in [4.78, 5) is 17.1. The molecule has 1 unspecified atom stereocenters. The number of phenols is 1. The second kappa shape index (κ2) is 10.3. The summed E-state index contributed by atoms with van der Waals surface area (Å²) in [6.45, 7) is 0.177. The number of halogens is 3. The van der Waals surface area contributed by atoms with Crippen LogP contribution in [0.3, 0.4) is 0 Å². The number of nitrogens with one attached hydrogen (secondary N) is 2. The van der Waals surface area contributed by atoms with Crippen molar-refractivity contribution in [3.8, 4) is 5.75 Å². The number of benzene rings is 3. The number of hydrogen-bond donors (Lipinski definition) is 4. The maximum Gasteiger partial charge on any atom is 0.240 e. The molecule has 0 aliphatic rings. The smallest absolute Gasteiger partial charge is 0.240 e. The lowest BCUT2D eigenvalue weighted by atomic mass is 9.96. The van der Waals surface area contributed by atoms with Gasteiger partial charge in [-0.05, 0) is 59.7 Å². The third-order valence-corrected chi connectivity index (χ3v) is 6.04. The summed E-state index contributed by atoms with van der Waals surface area (Å²) in [5.41, 5.74) is 8.12. The van der Waals surface area contributed by atoms with Gasteiger partial charge in [-0.3, -0.25) is 9.78 Å². The minimum absolute atomic E-state index is 0.0855. The zero-order chi connectivity index (χ0) is 24.2. The average Bonchev–Trinajstić information content (AvgIpc) is 2.84. The lowest BCUT2D eigenvalue weighted by Crippen LogP contribution is -2.34. The third kappa shape index (κ3) is 5.07. The van der Waals surface area contributed by atoms with Crippen LogP contribution in [0, 0.1) is 5.82 Å². The molecule has 9 heteroatoms. The van der Waals surface area contributed by atoms with E-state index in [9.17, 15) is 14.3 Å². The van der Waals surface area contributed by atoms with E-state index in [1.807, 2.05) is 0 Å². The summed E-state index contributed by atoms with van der Waals surface area (Å²) < 4.78 is 14.0. The van der Waals surface area contributed by atoms with Crippen LogP contribution < -0.4 is 16.4 Å². The Morgan fingerprint density at radius 3 is 2.68 bits per heavy atom. The van der Waals surface area contributed by atoms with E-state index < -0.39 is 17.8 Å². The molecule has 0 saturated carbocycles. The highest BCUT2D eigenvalue weighted by molar-refractivity contribution is 6.35. The minimum atomic E-state index is -0.876. The molecule has 34 heavy (non-hydrogen) atoms. The number of phenolic OH excluding ortho intramolecular Hbond substituents is 1. The molecule has 5 N–H and O–H groups in total. The topological polar surface area (TPSA) is 100 Å². The first-order valence-corrected chi connectivity index (χ1v) is 11.2. The van der Waals surface area contributed by atoms with Crippen LogP contribution in [0.15, 0.2) is 66.9 Å². The van der Waals surface area contributed by atoms with Crippen LogP contribution in [0.25, 0.3) is 10.9 Å². The van der Waals surface area contributed by atoms with E-state index in [2.05, 4.69) is 15.6 Å². The number of pyridine rings is 1. The SMILES string of the molecule is NCc1cc(NCC(=O)NC(c2cccc(F)c2)c2cc(Cl)c3cccnc3c2O)ccc1Cl. The number of carbonyl (C=O) groups excluding carboxylic acids is 1. The summed E-state index contributed by atoms with van der Waals surface area (Å²) >= 11 is 12.5. The van der Waals surface area contributed by atoms with E-state index in [0.717, 1.165) is 5.56 Å². The van der Waals surface area contributed by atoms with Gasteiger partial charge in [0.2, 0.25) is 5.91 Å². The van der Waals surface area contributed by atoms with Gasteiger partial charge in [-0.15, -0.1) is 0 Å². The predicted octanol–water partition coefficient (Wildman–Crippen LogP) is 5.16. The first-order chi connectivity index (χ1) is 16.4. The van der Waals surface area contributed by atoms with Crippen LogP contribution >= 0.6 is 23.2 Å². The lowest BCUT2D eigenvalue weighted by molar-refractivity contribution is -0.119. The molecule has 0 fully saturated rings. The van der Waals surface area contributed by atoms with Crippen molar-refractivity contribution in [2.24, 2.45) is 5.73 Å². The van der Waals surface area contributed by atoms with Gasteiger partial charge >= 0.3 is 0 Å². The van der Waals surface area contributed by atoms with Crippen molar-refractivity contribution in [2.45, 2.75) is 12.6 Å². The molecule has 4 rings (SSSR count). The van der Waals surface area contributed by atoms with E-state index in [0.29, 0.717) is 32.2 Å². The maximum atomic E-state index is 14.0. The van der Waals surface area contributed by atoms with Crippen molar-refractivity contribution in [2.75, 3.05) is 11.9 Å². The largest absolute Gasteiger partial charge is 0.505 e. The number of hydrogen-bond acceptors (Lipinski definition) is 5.